The molecule has 1 aromatic heterocycles. The molecule has 1 aromatic carbocycles. The van der Waals surface area contributed by atoms with Crippen LogP contribution in [0.4, 0.5) is 0 Å². The van der Waals surface area contributed by atoms with Crippen LogP contribution in [0, 0.1) is 3.57 Å². The van der Waals surface area contributed by atoms with E-state index in [-0.39, 0.29) is 11.9 Å². The Morgan fingerprint density at radius 1 is 1.56 bits per heavy atom. The molecule has 0 saturated heterocycles. The molecule has 2 N–H and O–H groups in total. The number of tetrazole rings is 1. The molecule has 0 radical (unpaired) electrons. The average Bonchev–Trinajstić information content (AvgIpc) is 2.85. The Kier molecular flexibility index (Phi) is 4.27. The second kappa shape index (κ2) is 5.74. The summed E-state index contributed by atoms with van der Waals surface area (Å²) in [5.41, 5.74) is 0.611. The van der Waals surface area contributed by atoms with Gasteiger partial charge >= 0.3 is 0 Å². The lowest BCUT2D eigenvalue weighted by atomic mass is 10.2. The minimum Gasteiger partial charge on any atom is -0.342 e. The van der Waals surface area contributed by atoms with Crippen molar-refractivity contribution in [1.29, 1.82) is 0 Å². The maximum absolute atomic E-state index is 12.1. The van der Waals surface area contributed by atoms with Gasteiger partial charge in [-0.1, -0.05) is 21.1 Å². The number of hydrogen-bond donors (Lipinski definition) is 2. The molecule has 1 amide bonds. The minimum absolute atomic E-state index is 0.169. The van der Waals surface area contributed by atoms with E-state index in [4.69, 9.17) is 0 Å². The largest absolute Gasteiger partial charge is 0.342 e. The number of benzene rings is 1. The van der Waals surface area contributed by atoms with Crippen molar-refractivity contribution in [3.05, 3.63) is 37.6 Å². The Hall–Kier alpha value is -1.03. The molecule has 0 saturated carbocycles. The molecule has 2 rings (SSSR count). The summed E-state index contributed by atoms with van der Waals surface area (Å²) in [5.74, 6) is 0.284. The third kappa shape index (κ3) is 3.05. The van der Waals surface area contributed by atoms with Gasteiger partial charge in [0, 0.05) is 8.04 Å². The van der Waals surface area contributed by atoms with Gasteiger partial charge in [-0.25, -0.2) is 0 Å². The monoisotopic (exact) mass is 421 g/mol. The SMILES string of the molecule is CC(NC(=O)c1cc(Br)ccc1I)c1nn[nH]n1. The van der Waals surface area contributed by atoms with Crippen LogP contribution in [0.25, 0.3) is 0 Å². The van der Waals surface area contributed by atoms with Gasteiger partial charge in [0.05, 0.1) is 11.6 Å². The van der Waals surface area contributed by atoms with Crippen LogP contribution in [-0.2, 0) is 0 Å². The van der Waals surface area contributed by atoms with Crippen LogP contribution in [-0.4, -0.2) is 26.5 Å². The van der Waals surface area contributed by atoms with Crippen LogP contribution in [0.3, 0.4) is 0 Å². The molecule has 0 spiro atoms. The van der Waals surface area contributed by atoms with Gasteiger partial charge in [-0.2, -0.15) is 5.21 Å². The molecule has 1 unspecified atom stereocenters. The van der Waals surface area contributed by atoms with Crippen LogP contribution >= 0.6 is 38.5 Å². The molecule has 0 fully saturated rings. The van der Waals surface area contributed by atoms with Crippen LogP contribution in [0.5, 0.6) is 0 Å². The van der Waals surface area contributed by atoms with Crippen molar-refractivity contribution in [2.75, 3.05) is 0 Å². The van der Waals surface area contributed by atoms with Crippen LogP contribution in [0.2, 0.25) is 0 Å². The number of nitrogens with one attached hydrogen (secondary N) is 2. The van der Waals surface area contributed by atoms with Crippen molar-refractivity contribution < 1.29 is 4.79 Å². The summed E-state index contributed by atoms with van der Waals surface area (Å²) in [6, 6.07) is 5.24. The summed E-state index contributed by atoms with van der Waals surface area (Å²) >= 11 is 5.47. The number of nitrogens with zero attached hydrogens (tertiary/aromatic N) is 3. The third-order valence-electron chi connectivity index (χ3n) is 2.27. The van der Waals surface area contributed by atoms with E-state index in [1.807, 2.05) is 12.1 Å². The molecule has 8 heteroatoms. The highest BCUT2D eigenvalue weighted by Gasteiger charge is 2.16. The molecule has 1 heterocycles. The van der Waals surface area contributed by atoms with Crippen molar-refractivity contribution in [3.63, 3.8) is 0 Å². The van der Waals surface area contributed by atoms with Crippen molar-refractivity contribution in [2.45, 2.75) is 13.0 Å². The van der Waals surface area contributed by atoms with Gasteiger partial charge < -0.3 is 5.32 Å². The summed E-state index contributed by atoms with van der Waals surface area (Å²) in [7, 11) is 0. The zero-order chi connectivity index (χ0) is 13.1. The highest BCUT2D eigenvalue weighted by Crippen LogP contribution is 2.19. The Balaban J connectivity index is 2.15. The predicted molar refractivity (Wildman–Crippen MR) is 76.9 cm³/mol. The quantitative estimate of drug-likeness (QED) is 0.743. The van der Waals surface area contributed by atoms with Gasteiger partial charge in [0.2, 0.25) is 0 Å². The fourth-order valence-corrected chi connectivity index (χ4v) is 2.30. The molecular weight excluding hydrogens is 413 g/mol. The number of halogens is 2. The van der Waals surface area contributed by atoms with Crippen LogP contribution in [0.15, 0.2) is 22.7 Å². The number of rotatable bonds is 3. The van der Waals surface area contributed by atoms with Crippen molar-refractivity contribution in [1.82, 2.24) is 25.9 Å². The lowest BCUT2D eigenvalue weighted by Crippen LogP contribution is -2.28. The van der Waals surface area contributed by atoms with E-state index in [2.05, 4.69) is 64.5 Å². The second-order valence-corrected chi connectivity index (χ2v) is 5.67. The first-order valence-electron chi connectivity index (χ1n) is 5.07. The normalized spacial score (nSPS) is 12.2. The fraction of sp³-hybridized carbons (Fsp3) is 0.200. The first kappa shape index (κ1) is 13.4. The number of carbonyl (C=O) groups is 1. The third-order valence-corrected chi connectivity index (χ3v) is 3.70. The second-order valence-electron chi connectivity index (χ2n) is 3.59. The highest BCUT2D eigenvalue weighted by atomic mass is 127. The van der Waals surface area contributed by atoms with E-state index in [0.717, 1.165) is 8.04 Å². The first-order valence-corrected chi connectivity index (χ1v) is 6.94. The number of aromatic amines is 1. The smallest absolute Gasteiger partial charge is 0.252 e. The molecule has 0 aliphatic rings. The number of hydrogen-bond acceptors (Lipinski definition) is 4. The van der Waals surface area contributed by atoms with Gasteiger partial charge in [0.25, 0.3) is 5.91 Å². The van der Waals surface area contributed by atoms with Gasteiger partial charge in [-0.3, -0.25) is 4.79 Å². The first-order chi connectivity index (χ1) is 8.58. The van der Waals surface area contributed by atoms with Crippen molar-refractivity contribution in [3.8, 4) is 0 Å². The fourth-order valence-electron chi connectivity index (χ4n) is 1.36. The maximum atomic E-state index is 12.1. The molecule has 1 atom stereocenters. The van der Waals surface area contributed by atoms with Crippen LogP contribution < -0.4 is 5.32 Å². The van der Waals surface area contributed by atoms with E-state index in [1.165, 1.54) is 0 Å². The summed E-state index contributed by atoms with van der Waals surface area (Å²) in [5, 5.41) is 16.3. The zero-order valence-corrected chi connectivity index (χ0v) is 13.1. The van der Waals surface area contributed by atoms with Gasteiger partial charge in [0.1, 0.15) is 0 Å². The Morgan fingerprint density at radius 3 is 3.00 bits per heavy atom. The lowest BCUT2D eigenvalue weighted by Gasteiger charge is -2.11. The average molecular weight is 422 g/mol. The molecule has 0 aliphatic heterocycles. The molecule has 94 valence electrons. The molecule has 0 aliphatic carbocycles. The van der Waals surface area contributed by atoms with E-state index in [0.29, 0.717) is 11.4 Å². The van der Waals surface area contributed by atoms with Crippen molar-refractivity contribution in [2.24, 2.45) is 0 Å². The summed E-state index contributed by atoms with van der Waals surface area (Å²) in [6.45, 7) is 1.80. The van der Waals surface area contributed by atoms with Gasteiger partial charge in [-0.05, 0) is 47.7 Å². The number of amides is 1. The predicted octanol–water partition coefficient (Wildman–Crippen LogP) is 2.06. The van der Waals surface area contributed by atoms with E-state index < -0.39 is 0 Å². The topological polar surface area (TPSA) is 83.6 Å². The number of H-pyrrole nitrogens is 1. The molecule has 6 nitrogen and oxygen atoms in total. The van der Waals surface area contributed by atoms with Gasteiger partial charge in [-0.15, -0.1) is 10.2 Å². The zero-order valence-electron chi connectivity index (χ0n) is 9.32. The molecular formula is C10H9BrIN5O. The Labute approximate surface area is 125 Å². The Morgan fingerprint density at radius 2 is 2.33 bits per heavy atom. The number of carbonyl (C=O) groups excluding carboxylic acids is 1. The standard InChI is InChI=1S/C10H9BrIN5O/c1-5(9-14-16-17-15-9)13-10(18)7-4-6(11)2-3-8(7)12/h2-5H,1H3,(H,13,18)(H,14,15,16,17). The van der Waals surface area contributed by atoms with Crippen LogP contribution in [0.1, 0.15) is 29.1 Å². The van der Waals surface area contributed by atoms with E-state index in [9.17, 15) is 4.79 Å². The summed E-state index contributed by atoms with van der Waals surface area (Å²) < 4.78 is 1.74. The van der Waals surface area contributed by atoms with Gasteiger partial charge in [0.15, 0.2) is 5.82 Å². The Bertz CT molecular complexity index is 559. The highest BCUT2D eigenvalue weighted by molar-refractivity contribution is 14.1. The molecule has 18 heavy (non-hydrogen) atoms. The van der Waals surface area contributed by atoms with E-state index >= 15 is 0 Å². The summed E-state index contributed by atoms with van der Waals surface area (Å²) in [4.78, 5) is 12.1. The summed E-state index contributed by atoms with van der Waals surface area (Å²) in [6.07, 6.45) is 0. The minimum atomic E-state index is -0.300. The molecule has 2 aromatic rings. The van der Waals surface area contributed by atoms with E-state index in [1.54, 1.807) is 13.0 Å². The molecule has 0 bridgehead atoms. The number of aromatic nitrogens is 4. The van der Waals surface area contributed by atoms with Crippen molar-refractivity contribution >= 4 is 44.4 Å². The lowest BCUT2D eigenvalue weighted by molar-refractivity contribution is 0.0937. The maximum Gasteiger partial charge on any atom is 0.252 e.